The van der Waals surface area contributed by atoms with Gasteiger partial charge in [0.1, 0.15) is 10.8 Å². The van der Waals surface area contributed by atoms with E-state index in [0.29, 0.717) is 16.9 Å². The largest absolute Gasteiger partial charge is 0.369 e. The van der Waals surface area contributed by atoms with E-state index in [2.05, 4.69) is 16.7 Å². The van der Waals surface area contributed by atoms with Crippen molar-refractivity contribution >= 4 is 39.5 Å². The monoisotopic (exact) mass is 335 g/mol. The van der Waals surface area contributed by atoms with Crippen LogP contribution in [0.1, 0.15) is 11.1 Å². The molecule has 5 heteroatoms. The van der Waals surface area contributed by atoms with Gasteiger partial charge in [-0.25, -0.2) is 0 Å². The Morgan fingerprint density at radius 3 is 2.75 bits per heavy atom. The quantitative estimate of drug-likeness (QED) is 0.704. The summed E-state index contributed by atoms with van der Waals surface area (Å²) in [5, 5.41) is 8.22. The summed E-state index contributed by atoms with van der Waals surface area (Å²) in [7, 11) is 0. The van der Waals surface area contributed by atoms with Crippen LogP contribution in [0.2, 0.25) is 0 Å². The van der Waals surface area contributed by atoms with Crippen LogP contribution in [0.4, 0.5) is 11.5 Å². The zero-order valence-electron chi connectivity index (χ0n) is 13.3. The summed E-state index contributed by atoms with van der Waals surface area (Å²) in [4.78, 5) is 13.3. The lowest BCUT2D eigenvalue weighted by Gasteiger charge is -2.16. The molecule has 0 bridgehead atoms. The van der Waals surface area contributed by atoms with Crippen molar-refractivity contribution in [2.45, 2.75) is 13.5 Å². The highest BCUT2D eigenvalue weighted by atomic mass is 32.1. The number of benzene rings is 2. The molecule has 120 valence electrons. The Labute approximate surface area is 145 Å². The molecule has 2 N–H and O–H groups in total. The average molecular weight is 335 g/mol. The first kappa shape index (κ1) is 14.9. The van der Waals surface area contributed by atoms with E-state index < -0.39 is 0 Å². The number of aromatic nitrogens is 1. The molecule has 0 aliphatic carbocycles. The second-order valence-corrected chi connectivity index (χ2v) is 6.38. The summed E-state index contributed by atoms with van der Waals surface area (Å²) < 4.78 is 1.78. The van der Waals surface area contributed by atoms with Crippen LogP contribution in [0.25, 0.3) is 10.8 Å². The number of pyridine rings is 1. The fraction of sp³-hybridized carbons (Fsp3) is 0.158. The molecule has 1 aliphatic heterocycles. The lowest BCUT2D eigenvalue weighted by atomic mass is 10.1. The minimum Gasteiger partial charge on any atom is -0.369 e. The van der Waals surface area contributed by atoms with Gasteiger partial charge < -0.3 is 10.6 Å². The van der Waals surface area contributed by atoms with Crippen molar-refractivity contribution in [3.63, 3.8) is 0 Å². The van der Waals surface area contributed by atoms with Crippen molar-refractivity contribution in [1.29, 1.82) is 0 Å². The summed E-state index contributed by atoms with van der Waals surface area (Å²) in [5.41, 5.74) is 3.04. The summed E-state index contributed by atoms with van der Waals surface area (Å²) >= 11 is 5.69. The van der Waals surface area contributed by atoms with Crippen LogP contribution in [0, 0.1) is 6.92 Å². The predicted octanol–water partition coefficient (Wildman–Crippen LogP) is 3.52. The van der Waals surface area contributed by atoms with E-state index in [1.165, 1.54) is 5.56 Å². The third kappa shape index (κ3) is 2.37. The first-order valence-electron chi connectivity index (χ1n) is 7.92. The molecule has 24 heavy (non-hydrogen) atoms. The molecule has 0 saturated heterocycles. The molecule has 0 radical (unpaired) electrons. The Morgan fingerprint density at radius 2 is 1.96 bits per heavy atom. The summed E-state index contributed by atoms with van der Waals surface area (Å²) in [6, 6.07) is 15.7. The molecule has 4 nitrogen and oxygen atoms in total. The first-order chi connectivity index (χ1) is 11.6. The molecule has 1 aliphatic rings. The fourth-order valence-corrected chi connectivity index (χ4v) is 3.55. The molecule has 2 heterocycles. The minimum absolute atomic E-state index is 0.0349. The van der Waals surface area contributed by atoms with Gasteiger partial charge in [0.05, 0.1) is 5.56 Å². The topological polar surface area (TPSA) is 46.1 Å². The third-order valence-corrected chi connectivity index (χ3v) is 4.62. The molecule has 0 saturated carbocycles. The second-order valence-electron chi connectivity index (χ2n) is 5.98. The van der Waals surface area contributed by atoms with Gasteiger partial charge in [0, 0.05) is 29.5 Å². The van der Waals surface area contributed by atoms with Crippen LogP contribution < -0.4 is 16.2 Å². The first-order valence-corrected chi connectivity index (χ1v) is 8.33. The maximum Gasteiger partial charge on any atom is 0.260 e. The van der Waals surface area contributed by atoms with Crippen LogP contribution in [0.3, 0.4) is 0 Å². The maximum absolute atomic E-state index is 12.7. The number of thiocarbonyl (C=S) groups is 1. The van der Waals surface area contributed by atoms with Gasteiger partial charge in [0.2, 0.25) is 0 Å². The van der Waals surface area contributed by atoms with Gasteiger partial charge in [-0.2, -0.15) is 0 Å². The molecular formula is C19H17N3OS. The van der Waals surface area contributed by atoms with Crippen molar-refractivity contribution < 1.29 is 0 Å². The SMILES string of the molecule is Cc1cccc(NC(=S)c2c3n(c(=O)c4ccccc24)CCN3)c1. The number of rotatable bonds is 2. The van der Waals surface area contributed by atoms with Gasteiger partial charge in [-0.05, 0) is 30.7 Å². The van der Waals surface area contributed by atoms with Crippen LogP contribution >= 0.6 is 12.2 Å². The normalized spacial score (nSPS) is 12.7. The Morgan fingerprint density at radius 1 is 1.17 bits per heavy atom. The lowest BCUT2D eigenvalue weighted by Crippen LogP contribution is -2.22. The molecule has 3 aromatic rings. The number of fused-ring (bicyclic) bond motifs is 2. The number of nitrogens with zero attached hydrogens (tertiary/aromatic N) is 1. The fourth-order valence-electron chi connectivity index (χ4n) is 3.23. The molecule has 4 rings (SSSR count). The van der Waals surface area contributed by atoms with Crippen LogP contribution in [0.15, 0.2) is 53.3 Å². The summed E-state index contributed by atoms with van der Waals surface area (Å²) in [5.74, 6) is 0.809. The van der Waals surface area contributed by atoms with E-state index in [1.807, 2.05) is 49.4 Å². The van der Waals surface area contributed by atoms with Crippen LogP contribution in [-0.4, -0.2) is 16.1 Å². The second kappa shape index (κ2) is 5.76. The van der Waals surface area contributed by atoms with E-state index in [-0.39, 0.29) is 5.56 Å². The molecule has 0 amide bonds. The zero-order valence-corrected chi connectivity index (χ0v) is 14.1. The molecular weight excluding hydrogens is 318 g/mol. The smallest absolute Gasteiger partial charge is 0.260 e. The number of hydrogen-bond acceptors (Lipinski definition) is 3. The Bertz CT molecular complexity index is 1020. The van der Waals surface area contributed by atoms with Gasteiger partial charge in [-0.3, -0.25) is 9.36 Å². The van der Waals surface area contributed by atoms with Crippen molar-refractivity contribution in [3.05, 3.63) is 70.0 Å². The van der Waals surface area contributed by atoms with Crippen molar-refractivity contribution in [2.24, 2.45) is 0 Å². The zero-order chi connectivity index (χ0) is 16.7. The van der Waals surface area contributed by atoms with E-state index in [0.717, 1.165) is 29.0 Å². The third-order valence-electron chi connectivity index (χ3n) is 4.31. The highest BCUT2D eigenvalue weighted by molar-refractivity contribution is 7.81. The predicted molar refractivity (Wildman–Crippen MR) is 103 cm³/mol. The van der Waals surface area contributed by atoms with E-state index >= 15 is 0 Å². The summed E-state index contributed by atoms with van der Waals surface area (Å²) in [6.45, 7) is 3.45. The minimum atomic E-state index is 0.0349. The Hall–Kier alpha value is -2.66. The number of aryl methyl sites for hydroxylation is 1. The van der Waals surface area contributed by atoms with E-state index in [1.54, 1.807) is 4.57 Å². The summed E-state index contributed by atoms with van der Waals surface area (Å²) in [6.07, 6.45) is 0. The van der Waals surface area contributed by atoms with E-state index in [4.69, 9.17) is 12.2 Å². The van der Waals surface area contributed by atoms with Crippen molar-refractivity contribution in [2.75, 3.05) is 17.2 Å². The molecule has 0 unspecified atom stereocenters. The molecule has 0 atom stereocenters. The maximum atomic E-state index is 12.7. The Kier molecular flexibility index (Phi) is 3.58. The molecule has 1 aromatic heterocycles. The average Bonchev–Trinajstić information content (AvgIpc) is 3.05. The van der Waals surface area contributed by atoms with Gasteiger partial charge in [-0.15, -0.1) is 0 Å². The number of anilines is 2. The highest BCUT2D eigenvalue weighted by Crippen LogP contribution is 2.27. The number of hydrogen-bond donors (Lipinski definition) is 2. The van der Waals surface area contributed by atoms with Crippen LogP contribution in [0.5, 0.6) is 0 Å². The molecule has 2 aromatic carbocycles. The van der Waals surface area contributed by atoms with Crippen LogP contribution in [-0.2, 0) is 6.54 Å². The van der Waals surface area contributed by atoms with Gasteiger partial charge in [-0.1, -0.05) is 42.5 Å². The van der Waals surface area contributed by atoms with Gasteiger partial charge in [0.25, 0.3) is 5.56 Å². The van der Waals surface area contributed by atoms with E-state index in [9.17, 15) is 4.79 Å². The standard InChI is InChI=1S/C19H17N3OS/c1-12-5-4-6-13(11-12)21-18(24)16-14-7-2-3-8-15(14)19(23)22-10-9-20-17(16)22/h2-8,11,20H,9-10H2,1H3,(H,21,24). The highest BCUT2D eigenvalue weighted by Gasteiger charge is 2.22. The molecule has 0 spiro atoms. The Balaban J connectivity index is 1.88. The molecule has 0 fully saturated rings. The van der Waals surface area contributed by atoms with Gasteiger partial charge in [0.15, 0.2) is 0 Å². The lowest BCUT2D eigenvalue weighted by molar-refractivity contribution is 0.780. The number of nitrogens with one attached hydrogen (secondary N) is 2. The van der Waals surface area contributed by atoms with Gasteiger partial charge >= 0.3 is 0 Å². The van der Waals surface area contributed by atoms with Crippen molar-refractivity contribution in [3.8, 4) is 0 Å². The van der Waals surface area contributed by atoms with Crippen molar-refractivity contribution in [1.82, 2.24) is 4.57 Å².